The summed E-state index contributed by atoms with van der Waals surface area (Å²) in [6.45, 7) is 3.16. The van der Waals surface area contributed by atoms with Crippen molar-refractivity contribution in [3.8, 4) is 5.75 Å². The molecule has 7 nitrogen and oxygen atoms in total. The second-order valence-corrected chi connectivity index (χ2v) is 5.50. The van der Waals surface area contributed by atoms with E-state index in [1.807, 2.05) is 6.92 Å². The van der Waals surface area contributed by atoms with Crippen molar-refractivity contribution in [1.29, 1.82) is 0 Å². The highest BCUT2D eigenvalue weighted by molar-refractivity contribution is 6.27. The van der Waals surface area contributed by atoms with E-state index in [1.54, 1.807) is 24.3 Å². The predicted molar refractivity (Wildman–Crippen MR) is 90.1 cm³/mol. The summed E-state index contributed by atoms with van der Waals surface area (Å²) in [6, 6.07) is 6.08. The molecule has 24 heavy (non-hydrogen) atoms. The number of carbonyl (C=O) groups is 3. The fourth-order valence-corrected chi connectivity index (χ4v) is 2.64. The summed E-state index contributed by atoms with van der Waals surface area (Å²) in [5, 5.41) is 5.37. The molecule has 1 fully saturated rings. The number of carbonyl (C=O) groups excluding carboxylic acids is 3. The van der Waals surface area contributed by atoms with Crippen LogP contribution >= 0.6 is 11.6 Å². The lowest BCUT2D eigenvalue weighted by atomic mass is 10.1. The van der Waals surface area contributed by atoms with Gasteiger partial charge in [-0.05, 0) is 31.2 Å². The fraction of sp³-hybridized carbons (Fsp3) is 0.438. The Morgan fingerprint density at radius 1 is 1.38 bits per heavy atom. The van der Waals surface area contributed by atoms with Gasteiger partial charge in [0.1, 0.15) is 17.7 Å². The minimum Gasteiger partial charge on any atom is -0.494 e. The van der Waals surface area contributed by atoms with Crippen LogP contribution in [0.15, 0.2) is 24.3 Å². The van der Waals surface area contributed by atoms with E-state index in [2.05, 4.69) is 10.6 Å². The number of hydrogen-bond donors (Lipinski definition) is 2. The molecule has 1 atom stereocenters. The zero-order chi connectivity index (χ0) is 17.5. The Balaban J connectivity index is 1.98. The Labute approximate surface area is 145 Å². The zero-order valence-corrected chi connectivity index (χ0v) is 14.1. The Kier molecular flexibility index (Phi) is 6.43. The number of ether oxygens (including phenoxy) is 1. The molecular weight excluding hydrogens is 334 g/mol. The first kappa shape index (κ1) is 18.1. The lowest BCUT2D eigenvalue weighted by Gasteiger charge is -2.34. The summed E-state index contributed by atoms with van der Waals surface area (Å²) in [4.78, 5) is 37.4. The van der Waals surface area contributed by atoms with Gasteiger partial charge >= 0.3 is 0 Å². The third-order valence-corrected chi connectivity index (χ3v) is 3.82. The third-order valence-electron chi connectivity index (χ3n) is 3.59. The molecule has 0 aromatic heterocycles. The number of benzene rings is 1. The normalized spacial score (nSPS) is 17.2. The van der Waals surface area contributed by atoms with Crippen molar-refractivity contribution in [1.82, 2.24) is 10.2 Å². The van der Waals surface area contributed by atoms with Gasteiger partial charge in [0.2, 0.25) is 17.7 Å². The fourth-order valence-electron chi connectivity index (χ4n) is 2.48. The number of amides is 3. The van der Waals surface area contributed by atoms with Crippen LogP contribution in [0.3, 0.4) is 0 Å². The Morgan fingerprint density at radius 3 is 2.71 bits per heavy atom. The van der Waals surface area contributed by atoms with Crippen LogP contribution in [-0.2, 0) is 14.4 Å². The van der Waals surface area contributed by atoms with E-state index >= 15 is 0 Å². The SMILES string of the molecule is CCOc1ccc(NC(=O)C[C@H]2C(=O)NCCN2C(=O)CCl)cc1. The van der Waals surface area contributed by atoms with Crippen LogP contribution in [0.4, 0.5) is 5.69 Å². The van der Waals surface area contributed by atoms with E-state index in [4.69, 9.17) is 16.3 Å². The highest BCUT2D eigenvalue weighted by Crippen LogP contribution is 2.17. The van der Waals surface area contributed by atoms with Gasteiger partial charge < -0.3 is 20.3 Å². The highest BCUT2D eigenvalue weighted by Gasteiger charge is 2.34. The number of nitrogens with zero attached hydrogens (tertiary/aromatic N) is 1. The topological polar surface area (TPSA) is 87.7 Å². The van der Waals surface area contributed by atoms with Gasteiger partial charge in [-0.15, -0.1) is 11.6 Å². The van der Waals surface area contributed by atoms with Crippen molar-refractivity contribution < 1.29 is 19.1 Å². The maximum Gasteiger partial charge on any atom is 0.243 e. The van der Waals surface area contributed by atoms with Gasteiger partial charge in [-0.25, -0.2) is 0 Å². The maximum absolute atomic E-state index is 12.2. The van der Waals surface area contributed by atoms with E-state index in [0.29, 0.717) is 31.1 Å². The molecule has 0 spiro atoms. The van der Waals surface area contributed by atoms with Crippen molar-refractivity contribution in [2.45, 2.75) is 19.4 Å². The quantitative estimate of drug-likeness (QED) is 0.746. The second-order valence-electron chi connectivity index (χ2n) is 5.24. The lowest BCUT2D eigenvalue weighted by Crippen LogP contribution is -2.58. The van der Waals surface area contributed by atoms with Gasteiger partial charge in [0.25, 0.3) is 0 Å². The van der Waals surface area contributed by atoms with Gasteiger partial charge in [-0.1, -0.05) is 0 Å². The van der Waals surface area contributed by atoms with Gasteiger partial charge in [-0.2, -0.15) is 0 Å². The molecule has 1 aliphatic rings. The maximum atomic E-state index is 12.2. The lowest BCUT2D eigenvalue weighted by molar-refractivity contribution is -0.143. The molecule has 2 rings (SSSR count). The molecule has 0 bridgehead atoms. The number of alkyl halides is 1. The molecule has 1 saturated heterocycles. The molecule has 0 saturated carbocycles. The number of nitrogens with one attached hydrogen (secondary N) is 2. The molecule has 0 aliphatic carbocycles. The summed E-state index contributed by atoms with van der Waals surface area (Å²) in [6.07, 6.45) is -0.123. The predicted octanol–water partition coefficient (Wildman–Crippen LogP) is 0.980. The number of halogens is 1. The average Bonchev–Trinajstić information content (AvgIpc) is 2.58. The summed E-state index contributed by atoms with van der Waals surface area (Å²) < 4.78 is 5.33. The van der Waals surface area contributed by atoms with Crippen LogP contribution in [-0.4, -0.2) is 54.2 Å². The van der Waals surface area contributed by atoms with Crippen molar-refractivity contribution in [3.05, 3.63) is 24.3 Å². The van der Waals surface area contributed by atoms with Crippen LogP contribution < -0.4 is 15.4 Å². The number of piperazine rings is 1. The monoisotopic (exact) mass is 353 g/mol. The van der Waals surface area contributed by atoms with Crippen molar-refractivity contribution in [2.24, 2.45) is 0 Å². The molecule has 0 unspecified atom stereocenters. The molecular formula is C16H20ClN3O4. The van der Waals surface area contributed by atoms with Crippen molar-refractivity contribution >= 4 is 35.0 Å². The van der Waals surface area contributed by atoms with Crippen LogP contribution in [0.2, 0.25) is 0 Å². The first-order valence-electron chi connectivity index (χ1n) is 7.71. The van der Waals surface area contributed by atoms with E-state index in [0.717, 1.165) is 0 Å². The van der Waals surface area contributed by atoms with Gasteiger partial charge in [0.15, 0.2) is 0 Å². The molecule has 3 amide bonds. The van der Waals surface area contributed by atoms with Crippen molar-refractivity contribution in [3.63, 3.8) is 0 Å². The second kappa shape index (κ2) is 8.54. The van der Waals surface area contributed by atoms with Crippen LogP contribution in [0, 0.1) is 0 Å². The van der Waals surface area contributed by atoms with E-state index in [1.165, 1.54) is 4.90 Å². The number of rotatable bonds is 6. The molecule has 1 aromatic carbocycles. The standard InChI is InChI=1S/C16H20ClN3O4/c1-2-24-12-5-3-11(4-6-12)19-14(21)9-13-16(23)18-7-8-20(13)15(22)10-17/h3-6,13H,2,7-10H2,1H3,(H,18,23)(H,19,21)/t13-/m0/s1. The molecule has 1 heterocycles. The smallest absolute Gasteiger partial charge is 0.243 e. The van der Waals surface area contributed by atoms with Gasteiger partial charge in [0, 0.05) is 18.8 Å². The van der Waals surface area contributed by atoms with Crippen LogP contribution in [0.25, 0.3) is 0 Å². The Morgan fingerprint density at radius 2 is 2.08 bits per heavy atom. The number of hydrogen-bond acceptors (Lipinski definition) is 4. The molecule has 1 aliphatic heterocycles. The summed E-state index contributed by atoms with van der Waals surface area (Å²) >= 11 is 5.57. The first-order valence-corrected chi connectivity index (χ1v) is 8.24. The summed E-state index contributed by atoms with van der Waals surface area (Å²) in [5.41, 5.74) is 0.592. The number of anilines is 1. The molecule has 8 heteroatoms. The summed E-state index contributed by atoms with van der Waals surface area (Å²) in [5.74, 6) is -0.564. The first-order chi connectivity index (χ1) is 11.5. The van der Waals surface area contributed by atoms with E-state index in [9.17, 15) is 14.4 Å². The minimum absolute atomic E-state index is 0.123. The molecule has 130 valence electrons. The average molecular weight is 354 g/mol. The molecule has 0 radical (unpaired) electrons. The molecule has 2 N–H and O–H groups in total. The third kappa shape index (κ3) is 4.61. The highest BCUT2D eigenvalue weighted by atomic mass is 35.5. The van der Waals surface area contributed by atoms with Crippen LogP contribution in [0.1, 0.15) is 13.3 Å². The van der Waals surface area contributed by atoms with Gasteiger partial charge in [0.05, 0.1) is 13.0 Å². The van der Waals surface area contributed by atoms with E-state index in [-0.39, 0.29) is 30.0 Å². The van der Waals surface area contributed by atoms with E-state index < -0.39 is 6.04 Å². The van der Waals surface area contributed by atoms with Crippen molar-refractivity contribution in [2.75, 3.05) is 30.9 Å². The molecule has 1 aromatic rings. The van der Waals surface area contributed by atoms with Gasteiger partial charge in [-0.3, -0.25) is 14.4 Å². The summed E-state index contributed by atoms with van der Waals surface area (Å²) in [7, 11) is 0. The van der Waals surface area contributed by atoms with Crippen LogP contribution in [0.5, 0.6) is 5.75 Å². The zero-order valence-electron chi connectivity index (χ0n) is 13.4. The minimum atomic E-state index is -0.840. The largest absolute Gasteiger partial charge is 0.494 e. The Hall–Kier alpha value is -2.28. The Bertz CT molecular complexity index is 606.